The van der Waals surface area contributed by atoms with Crippen LogP contribution < -0.4 is 10.1 Å². The number of carbonyl (C=O) groups excluding carboxylic acids is 2. The van der Waals surface area contributed by atoms with Gasteiger partial charge in [0.15, 0.2) is 5.78 Å². The summed E-state index contributed by atoms with van der Waals surface area (Å²) >= 11 is 6.28. The molecular formula is C24H23ClFN3O3. The number of urea groups is 1. The van der Waals surface area contributed by atoms with E-state index in [1.807, 2.05) is 36.0 Å². The Morgan fingerprint density at radius 1 is 1.22 bits per heavy atom. The summed E-state index contributed by atoms with van der Waals surface area (Å²) in [6, 6.07) is 9.86. The Balaban J connectivity index is 1.20. The Bertz CT molecular complexity index is 1230. The lowest BCUT2D eigenvalue weighted by Crippen LogP contribution is -2.54. The minimum atomic E-state index is -0.631. The Kier molecular flexibility index (Phi) is 5.08. The van der Waals surface area contributed by atoms with Crippen molar-refractivity contribution in [1.29, 1.82) is 0 Å². The smallest absolute Gasteiger partial charge is 0.317 e. The number of halogens is 2. The first-order valence-electron chi connectivity index (χ1n) is 10.6. The predicted molar refractivity (Wildman–Crippen MR) is 120 cm³/mol. The van der Waals surface area contributed by atoms with Crippen molar-refractivity contribution in [3.8, 4) is 5.75 Å². The molecule has 3 heterocycles. The summed E-state index contributed by atoms with van der Waals surface area (Å²) in [5.74, 6) is -0.133. The highest BCUT2D eigenvalue weighted by atomic mass is 35.5. The number of piperidine rings is 1. The maximum Gasteiger partial charge on any atom is 0.317 e. The molecule has 0 bridgehead atoms. The van der Waals surface area contributed by atoms with Crippen LogP contribution in [0.15, 0.2) is 42.6 Å². The Hall–Kier alpha value is -3.06. The molecule has 1 spiro atoms. The predicted octanol–water partition coefficient (Wildman–Crippen LogP) is 4.68. The van der Waals surface area contributed by atoms with E-state index >= 15 is 0 Å². The number of nitrogens with one attached hydrogen (secondary N) is 1. The first-order chi connectivity index (χ1) is 15.3. The van der Waals surface area contributed by atoms with Crippen molar-refractivity contribution in [2.45, 2.75) is 31.4 Å². The number of carbonyl (C=O) groups is 2. The number of ether oxygens (including phenoxy) is 1. The lowest BCUT2D eigenvalue weighted by atomic mass is 9.82. The second-order valence-electron chi connectivity index (χ2n) is 8.61. The molecule has 0 radical (unpaired) electrons. The number of Topliss-reactive ketones (excluding diaryl/α,β-unsaturated/α-hetero) is 1. The fourth-order valence-corrected chi connectivity index (χ4v) is 4.95. The zero-order valence-electron chi connectivity index (χ0n) is 17.7. The van der Waals surface area contributed by atoms with Gasteiger partial charge in [-0.2, -0.15) is 0 Å². The average Bonchev–Trinajstić information content (AvgIpc) is 3.06. The number of hydrogen-bond donors (Lipinski definition) is 1. The van der Waals surface area contributed by atoms with Gasteiger partial charge in [-0.05, 0) is 35.9 Å². The fourth-order valence-electron chi connectivity index (χ4n) is 4.65. The van der Waals surface area contributed by atoms with Crippen molar-refractivity contribution in [3.63, 3.8) is 0 Å². The molecule has 1 N–H and O–H groups in total. The van der Waals surface area contributed by atoms with Crippen molar-refractivity contribution >= 4 is 34.3 Å². The largest absolute Gasteiger partial charge is 0.486 e. The molecule has 1 saturated heterocycles. The number of aromatic nitrogens is 1. The topological polar surface area (TPSA) is 63.6 Å². The Morgan fingerprint density at radius 3 is 2.78 bits per heavy atom. The van der Waals surface area contributed by atoms with Crippen LogP contribution in [0.4, 0.5) is 9.18 Å². The van der Waals surface area contributed by atoms with E-state index in [1.165, 1.54) is 18.2 Å². The number of amides is 2. The van der Waals surface area contributed by atoms with Crippen molar-refractivity contribution in [2.24, 2.45) is 7.05 Å². The van der Waals surface area contributed by atoms with Crippen LogP contribution in [-0.4, -0.2) is 40.0 Å². The molecule has 0 atom stereocenters. The molecule has 3 aromatic rings. The number of fused-ring (bicyclic) bond motifs is 2. The van der Waals surface area contributed by atoms with Crippen molar-refractivity contribution in [3.05, 3.63) is 64.6 Å². The molecule has 166 valence electrons. The SMILES string of the molecule is Cn1cc(Cl)c2cc(CNC(=O)N3CCC4(CC3)CC(=O)c3cc(F)ccc3O4)ccc21. The van der Waals surface area contributed by atoms with Crippen molar-refractivity contribution in [1.82, 2.24) is 14.8 Å². The van der Waals surface area contributed by atoms with Crippen LogP contribution in [0.5, 0.6) is 5.75 Å². The summed E-state index contributed by atoms with van der Waals surface area (Å²) in [5, 5.41) is 4.61. The first kappa shape index (κ1) is 20.8. The molecule has 32 heavy (non-hydrogen) atoms. The van der Waals surface area contributed by atoms with Crippen LogP contribution in [0.3, 0.4) is 0 Å². The summed E-state index contributed by atoms with van der Waals surface area (Å²) in [7, 11) is 1.94. The van der Waals surface area contributed by atoms with Gasteiger partial charge in [-0.1, -0.05) is 17.7 Å². The molecule has 0 saturated carbocycles. The molecular weight excluding hydrogens is 433 g/mol. The Labute approximate surface area is 189 Å². The van der Waals surface area contributed by atoms with E-state index < -0.39 is 11.4 Å². The molecule has 5 rings (SSSR count). The van der Waals surface area contributed by atoms with Crippen LogP contribution in [0.25, 0.3) is 10.9 Å². The van der Waals surface area contributed by atoms with E-state index in [2.05, 4.69) is 5.32 Å². The molecule has 0 aliphatic carbocycles. The van der Waals surface area contributed by atoms with Gasteiger partial charge in [-0.25, -0.2) is 9.18 Å². The van der Waals surface area contributed by atoms with Gasteiger partial charge in [-0.3, -0.25) is 4.79 Å². The van der Waals surface area contributed by atoms with Crippen molar-refractivity contribution < 1.29 is 18.7 Å². The van der Waals surface area contributed by atoms with Gasteiger partial charge in [0.25, 0.3) is 0 Å². The third-order valence-corrected chi connectivity index (χ3v) is 6.76. The number of ketones is 1. The summed E-state index contributed by atoms with van der Waals surface area (Å²) in [5.41, 5.74) is 1.68. The molecule has 8 heteroatoms. The first-order valence-corrected chi connectivity index (χ1v) is 11.0. The highest BCUT2D eigenvalue weighted by Gasteiger charge is 2.43. The summed E-state index contributed by atoms with van der Waals surface area (Å²) < 4.78 is 21.6. The number of aryl methyl sites for hydroxylation is 1. The Morgan fingerprint density at radius 2 is 2.00 bits per heavy atom. The fraction of sp³-hybridized carbons (Fsp3) is 0.333. The van der Waals surface area contributed by atoms with E-state index in [9.17, 15) is 14.0 Å². The van der Waals surface area contributed by atoms with Gasteiger partial charge in [0.1, 0.15) is 17.2 Å². The number of nitrogens with zero attached hydrogens (tertiary/aromatic N) is 2. The van der Waals surface area contributed by atoms with Gasteiger partial charge >= 0.3 is 6.03 Å². The second kappa shape index (κ2) is 7.81. The van der Waals surface area contributed by atoms with Crippen LogP contribution in [0.2, 0.25) is 5.02 Å². The molecule has 1 aromatic heterocycles. The molecule has 1 fully saturated rings. The molecule has 2 aliphatic rings. The number of hydrogen-bond acceptors (Lipinski definition) is 3. The highest BCUT2D eigenvalue weighted by Crippen LogP contribution is 2.39. The normalized spacial score (nSPS) is 17.3. The van der Waals surface area contributed by atoms with E-state index in [-0.39, 0.29) is 18.2 Å². The van der Waals surface area contributed by atoms with E-state index in [4.69, 9.17) is 16.3 Å². The maximum atomic E-state index is 13.5. The van der Waals surface area contributed by atoms with Crippen LogP contribution in [-0.2, 0) is 13.6 Å². The standard InChI is InChI=1S/C24H23ClFN3O3/c1-28-14-19(25)17-10-15(2-4-20(17)28)13-27-23(31)29-8-6-24(7-9-29)12-21(30)18-11-16(26)3-5-22(18)32-24/h2-5,10-11,14H,6-9,12-13H2,1H3,(H,27,31). The van der Waals surface area contributed by atoms with Crippen molar-refractivity contribution in [2.75, 3.05) is 13.1 Å². The van der Waals surface area contributed by atoms with Gasteiger partial charge in [0, 0.05) is 56.6 Å². The minimum Gasteiger partial charge on any atom is -0.486 e. The lowest BCUT2D eigenvalue weighted by Gasteiger charge is -2.43. The lowest BCUT2D eigenvalue weighted by molar-refractivity contribution is -0.000806. The summed E-state index contributed by atoms with van der Waals surface area (Å²) in [4.78, 5) is 27.0. The van der Waals surface area contributed by atoms with Crippen LogP contribution >= 0.6 is 11.6 Å². The molecule has 6 nitrogen and oxygen atoms in total. The molecule has 2 aromatic carbocycles. The molecule has 2 amide bonds. The second-order valence-corrected chi connectivity index (χ2v) is 9.02. The zero-order chi connectivity index (χ0) is 22.5. The van der Waals surface area contributed by atoms with Gasteiger partial charge < -0.3 is 19.5 Å². The van der Waals surface area contributed by atoms with Gasteiger partial charge in [0.2, 0.25) is 0 Å². The summed E-state index contributed by atoms with van der Waals surface area (Å²) in [6.07, 6.45) is 3.17. The maximum absolute atomic E-state index is 13.5. The monoisotopic (exact) mass is 455 g/mol. The van der Waals surface area contributed by atoms with E-state index in [1.54, 1.807) is 4.90 Å². The third-order valence-electron chi connectivity index (χ3n) is 6.46. The minimum absolute atomic E-state index is 0.112. The number of likely N-dealkylation sites (tertiary alicyclic amines) is 1. The summed E-state index contributed by atoms with van der Waals surface area (Å²) in [6.45, 7) is 1.37. The van der Waals surface area contributed by atoms with Crippen LogP contribution in [0, 0.1) is 5.82 Å². The number of benzene rings is 2. The number of rotatable bonds is 2. The molecule has 0 unspecified atom stereocenters. The van der Waals surface area contributed by atoms with Crippen LogP contribution in [0.1, 0.15) is 35.2 Å². The zero-order valence-corrected chi connectivity index (χ0v) is 18.4. The third kappa shape index (κ3) is 3.71. The van der Waals surface area contributed by atoms with Gasteiger partial charge in [0.05, 0.1) is 17.0 Å². The van der Waals surface area contributed by atoms with E-state index in [0.29, 0.717) is 48.8 Å². The highest BCUT2D eigenvalue weighted by molar-refractivity contribution is 6.35. The average molecular weight is 456 g/mol. The molecule has 2 aliphatic heterocycles. The van der Waals surface area contributed by atoms with Gasteiger partial charge in [-0.15, -0.1) is 0 Å². The quantitative estimate of drug-likeness (QED) is 0.610. The van der Waals surface area contributed by atoms with E-state index in [0.717, 1.165) is 16.5 Å².